The minimum absolute atomic E-state index is 0.246. The molecule has 0 aliphatic carbocycles. The third-order valence-corrected chi connectivity index (χ3v) is 5.36. The van der Waals surface area contributed by atoms with E-state index < -0.39 is 0 Å². The van der Waals surface area contributed by atoms with Gasteiger partial charge in [-0.15, -0.1) is 0 Å². The minimum Gasteiger partial charge on any atom is -0.295 e. The molecule has 0 radical (unpaired) electrons. The maximum atomic E-state index is 2.65. The zero-order chi connectivity index (χ0) is 9.03. The Morgan fingerprint density at radius 2 is 2.17 bits per heavy atom. The van der Waals surface area contributed by atoms with Gasteiger partial charge < -0.3 is 0 Å². The van der Waals surface area contributed by atoms with Crippen LogP contribution in [0.4, 0.5) is 0 Å². The Morgan fingerprint density at radius 1 is 1.42 bits per heavy atom. The summed E-state index contributed by atoms with van der Waals surface area (Å²) in [7, 11) is -0.246. The summed E-state index contributed by atoms with van der Waals surface area (Å²) in [5, 5.41) is 0. The highest BCUT2D eigenvalue weighted by Crippen LogP contribution is 2.43. The van der Waals surface area contributed by atoms with Crippen LogP contribution in [-0.2, 0) is 0 Å². The zero-order valence-corrected chi connectivity index (χ0v) is 10.1. The fourth-order valence-corrected chi connectivity index (χ4v) is 4.43. The Kier molecular flexibility index (Phi) is 4.27. The molecule has 1 aliphatic rings. The van der Waals surface area contributed by atoms with Crippen molar-refractivity contribution in [2.75, 3.05) is 49.2 Å². The van der Waals surface area contributed by atoms with Crippen molar-refractivity contribution in [1.82, 2.24) is 4.90 Å². The standard InChI is InChI=1S/C9H21NS2/c1-11-7-6-10-5-4-8-12(2,3)9-10/h4-9H2,1-3H3. The van der Waals surface area contributed by atoms with Crippen LogP contribution in [0, 0.1) is 0 Å². The van der Waals surface area contributed by atoms with Gasteiger partial charge in [0.2, 0.25) is 0 Å². The van der Waals surface area contributed by atoms with E-state index in [4.69, 9.17) is 0 Å². The highest BCUT2D eigenvalue weighted by molar-refractivity contribution is 8.32. The van der Waals surface area contributed by atoms with Crippen LogP contribution in [0.25, 0.3) is 0 Å². The highest BCUT2D eigenvalue weighted by atomic mass is 32.3. The lowest BCUT2D eigenvalue weighted by Crippen LogP contribution is -2.36. The number of hydrogen-bond acceptors (Lipinski definition) is 2. The van der Waals surface area contributed by atoms with Gasteiger partial charge in [0.1, 0.15) is 0 Å². The monoisotopic (exact) mass is 207 g/mol. The first-order chi connectivity index (χ1) is 5.64. The molecule has 0 atom stereocenters. The molecule has 0 unspecified atom stereocenters. The number of hydrogen-bond donors (Lipinski definition) is 0. The van der Waals surface area contributed by atoms with Crippen molar-refractivity contribution in [3.63, 3.8) is 0 Å². The van der Waals surface area contributed by atoms with Crippen LogP contribution in [-0.4, -0.2) is 54.1 Å². The van der Waals surface area contributed by atoms with Gasteiger partial charge in [0.05, 0.1) is 0 Å². The molecule has 0 bridgehead atoms. The Morgan fingerprint density at radius 3 is 2.75 bits per heavy atom. The summed E-state index contributed by atoms with van der Waals surface area (Å²) in [6.07, 6.45) is 8.56. The van der Waals surface area contributed by atoms with E-state index in [1.54, 1.807) is 0 Å². The van der Waals surface area contributed by atoms with Gasteiger partial charge >= 0.3 is 0 Å². The van der Waals surface area contributed by atoms with Gasteiger partial charge in [-0.3, -0.25) is 4.90 Å². The van der Waals surface area contributed by atoms with Crippen LogP contribution < -0.4 is 0 Å². The molecule has 0 spiro atoms. The molecule has 1 fully saturated rings. The molecule has 0 N–H and O–H groups in total. The molecule has 1 saturated heterocycles. The summed E-state index contributed by atoms with van der Waals surface area (Å²) in [6.45, 7) is 2.65. The van der Waals surface area contributed by atoms with Crippen LogP contribution in [0.2, 0.25) is 0 Å². The van der Waals surface area contributed by atoms with Crippen LogP contribution in [0.1, 0.15) is 6.42 Å². The zero-order valence-electron chi connectivity index (χ0n) is 8.51. The third kappa shape index (κ3) is 3.58. The van der Waals surface area contributed by atoms with Crippen LogP contribution in [0.15, 0.2) is 0 Å². The molecule has 0 aromatic rings. The first-order valence-corrected chi connectivity index (χ1v) is 8.72. The van der Waals surface area contributed by atoms with Crippen molar-refractivity contribution in [2.24, 2.45) is 0 Å². The fourth-order valence-electron chi connectivity index (χ4n) is 1.70. The van der Waals surface area contributed by atoms with E-state index in [1.807, 2.05) is 11.8 Å². The largest absolute Gasteiger partial charge is 0.295 e. The van der Waals surface area contributed by atoms with Gasteiger partial charge in [-0.2, -0.15) is 11.8 Å². The maximum absolute atomic E-state index is 2.65. The van der Waals surface area contributed by atoms with Gasteiger partial charge in [-0.05, 0) is 37.5 Å². The highest BCUT2D eigenvalue weighted by Gasteiger charge is 2.21. The second kappa shape index (κ2) is 4.77. The molecule has 0 saturated carbocycles. The van der Waals surface area contributed by atoms with E-state index in [0.29, 0.717) is 0 Å². The van der Waals surface area contributed by atoms with Crippen molar-refractivity contribution in [3.05, 3.63) is 0 Å². The summed E-state index contributed by atoms with van der Waals surface area (Å²) in [5.74, 6) is 4.17. The number of thioether (sulfide) groups is 1. The average molecular weight is 207 g/mol. The Labute approximate surface area is 82.6 Å². The lowest BCUT2D eigenvalue weighted by molar-refractivity contribution is 0.331. The lowest BCUT2D eigenvalue weighted by atomic mass is 10.4. The predicted octanol–water partition coefficient (Wildman–Crippen LogP) is 2.08. The second-order valence-electron chi connectivity index (χ2n) is 4.06. The van der Waals surface area contributed by atoms with Gasteiger partial charge in [0.25, 0.3) is 0 Å². The first kappa shape index (κ1) is 10.7. The van der Waals surface area contributed by atoms with Gasteiger partial charge in [-0.1, -0.05) is 0 Å². The molecule has 1 heterocycles. The molecule has 0 amide bonds. The topological polar surface area (TPSA) is 3.24 Å². The normalized spacial score (nSPS) is 26.9. The predicted molar refractivity (Wildman–Crippen MR) is 63.7 cm³/mol. The van der Waals surface area contributed by atoms with E-state index in [1.165, 1.54) is 36.9 Å². The van der Waals surface area contributed by atoms with Crippen LogP contribution in [0.3, 0.4) is 0 Å². The third-order valence-electron chi connectivity index (χ3n) is 2.31. The van der Waals surface area contributed by atoms with E-state index in [0.717, 1.165) is 0 Å². The lowest BCUT2D eigenvalue weighted by Gasteiger charge is -2.42. The minimum atomic E-state index is -0.246. The summed E-state index contributed by atoms with van der Waals surface area (Å²) in [6, 6.07) is 0. The molecular weight excluding hydrogens is 186 g/mol. The summed E-state index contributed by atoms with van der Waals surface area (Å²) in [4.78, 5) is 2.65. The number of nitrogens with zero attached hydrogens (tertiary/aromatic N) is 1. The molecule has 3 heteroatoms. The molecule has 1 aliphatic heterocycles. The molecule has 12 heavy (non-hydrogen) atoms. The van der Waals surface area contributed by atoms with Crippen molar-refractivity contribution in [1.29, 1.82) is 0 Å². The molecule has 0 aromatic heterocycles. The van der Waals surface area contributed by atoms with E-state index in [-0.39, 0.29) is 10.0 Å². The van der Waals surface area contributed by atoms with Gasteiger partial charge in [0, 0.05) is 18.2 Å². The van der Waals surface area contributed by atoms with Crippen molar-refractivity contribution in [3.8, 4) is 0 Å². The first-order valence-electron chi connectivity index (χ1n) is 4.54. The maximum Gasteiger partial charge on any atom is 0.0286 e. The smallest absolute Gasteiger partial charge is 0.0286 e. The SMILES string of the molecule is CSCCN1CCCS(C)(C)C1. The second-order valence-corrected chi connectivity index (χ2v) is 9.25. The summed E-state index contributed by atoms with van der Waals surface area (Å²) < 4.78 is 0. The van der Waals surface area contributed by atoms with Crippen LogP contribution >= 0.6 is 21.8 Å². The fraction of sp³-hybridized carbons (Fsp3) is 1.00. The molecule has 1 rings (SSSR count). The Hall–Kier alpha value is 0.660. The molecule has 0 aromatic carbocycles. The number of rotatable bonds is 3. The Balaban J connectivity index is 2.26. The van der Waals surface area contributed by atoms with Crippen LogP contribution in [0.5, 0.6) is 0 Å². The summed E-state index contributed by atoms with van der Waals surface area (Å²) in [5.41, 5.74) is 0. The van der Waals surface area contributed by atoms with Gasteiger partial charge in [0.15, 0.2) is 0 Å². The van der Waals surface area contributed by atoms with Gasteiger partial charge in [-0.25, -0.2) is 10.0 Å². The Bertz CT molecular complexity index is 136. The van der Waals surface area contributed by atoms with E-state index in [9.17, 15) is 0 Å². The van der Waals surface area contributed by atoms with E-state index in [2.05, 4.69) is 23.7 Å². The molecule has 1 nitrogen and oxygen atoms in total. The van der Waals surface area contributed by atoms with Crippen molar-refractivity contribution in [2.45, 2.75) is 6.42 Å². The van der Waals surface area contributed by atoms with Crippen molar-refractivity contribution >= 4 is 21.8 Å². The quantitative estimate of drug-likeness (QED) is 0.697. The average Bonchev–Trinajstić information content (AvgIpc) is 1.99. The summed E-state index contributed by atoms with van der Waals surface area (Å²) >= 11 is 1.96. The van der Waals surface area contributed by atoms with Crippen molar-refractivity contribution < 1.29 is 0 Å². The molecule has 74 valence electrons. The molecular formula is C9H21NS2. The van der Waals surface area contributed by atoms with E-state index >= 15 is 0 Å².